The average Bonchev–Trinajstić information content (AvgIpc) is 2.11. The van der Waals surface area contributed by atoms with E-state index in [1.54, 1.807) is 0 Å². The molecule has 0 fully saturated rings. The van der Waals surface area contributed by atoms with Crippen LogP contribution in [-0.2, 0) is 0 Å². The minimum atomic E-state index is -0.802. The number of nitrogens with zero attached hydrogens (tertiary/aromatic N) is 1. The smallest absolute Gasteiger partial charge is 0.227 e. The first-order valence-corrected chi connectivity index (χ1v) is 6.08. The van der Waals surface area contributed by atoms with Gasteiger partial charge >= 0.3 is 0 Å². The highest BCUT2D eigenvalue weighted by molar-refractivity contribution is 14.1. The predicted octanol–water partition coefficient (Wildman–Crippen LogP) is 3.00. The highest BCUT2D eigenvalue weighted by atomic mass is 127. The van der Waals surface area contributed by atoms with Crippen molar-refractivity contribution in [1.29, 1.82) is 0 Å². The minimum absolute atomic E-state index is 0.102. The standard InChI is InChI=1S/C8H12BrINO2/c1-3-4-5-7(10)8(9)6(2)11(12)13/h4-8H,2-3H2,1H3/b5-4+. The van der Waals surface area contributed by atoms with Crippen LogP contribution in [0.15, 0.2) is 12.2 Å². The fourth-order valence-electron chi connectivity index (χ4n) is 0.701. The summed E-state index contributed by atoms with van der Waals surface area (Å²) in [6.45, 7) is 5.51. The lowest BCUT2D eigenvalue weighted by atomic mass is 10.2. The Morgan fingerprint density at radius 2 is 2.31 bits per heavy atom. The molecule has 0 heterocycles. The number of hydrogen-bond donors (Lipinski definition) is 0. The fourth-order valence-corrected chi connectivity index (χ4v) is 1.84. The lowest BCUT2D eigenvalue weighted by molar-refractivity contribution is -0.508. The summed E-state index contributed by atoms with van der Waals surface area (Å²) in [6, 6.07) is -0.802. The molecule has 0 aromatic heterocycles. The summed E-state index contributed by atoms with van der Waals surface area (Å²) >= 11 is 5.44. The molecule has 3 atom stereocenters. The molecule has 0 rings (SSSR count). The second-order valence-electron chi connectivity index (χ2n) is 2.58. The third kappa shape index (κ3) is 4.95. The van der Waals surface area contributed by atoms with Crippen molar-refractivity contribution in [3.8, 4) is 0 Å². The van der Waals surface area contributed by atoms with Crippen LogP contribution in [0.25, 0.3) is 0 Å². The van der Waals surface area contributed by atoms with Crippen molar-refractivity contribution in [2.24, 2.45) is 0 Å². The van der Waals surface area contributed by atoms with E-state index in [2.05, 4.69) is 45.4 Å². The van der Waals surface area contributed by atoms with Crippen LogP contribution in [0.2, 0.25) is 0 Å². The maximum absolute atomic E-state index is 10.4. The second kappa shape index (κ2) is 6.75. The van der Waals surface area contributed by atoms with E-state index in [9.17, 15) is 10.1 Å². The van der Waals surface area contributed by atoms with Crippen molar-refractivity contribution in [3.63, 3.8) is 0 Å². The third-order valence-corrected chi connectivity index (χ3v) is 4.86. The average molecular weight is 361 g/mol. The van der Waals surface area contributed by atoms with Gasteiger partial charge in [-0.15, -0.1) is 0 Å². The predicted molar refractivity (Wildman–Crippen MR) is 66.1 cm³/mol. The van der Waals surface area contributed by atoms with E-state index in [1.165, 1.54) is 0 Å². The van der Waals surface area contributed by atoms with Crippen molar-refractivity contribution in [2.75, 3.05) is 0 Å². The molecule has 13 heavy (non-hydrogen) atoms. The van der Waals surface area contributed by atoms with Crippen LogP contribution in [0.3, 0.4) is 0 Å². The van der Waals surface area contributed by atoms with E-state index in [-0.39, 0.29) is 13.7 Å². The first-order valence-electron chi connectivity index (χ1n) is 3.92. The van der Waals surface area contributed by atoms with Gasteiger partial charge in [0.05, 0.1) is 4.83 Å². The van der Waals surface area contributed by atoms with Crippen molar-refractivity contribution in [3.05, 3.63) is 29.2 Å². The summed E-state index contributed by atoms with van der Waals surface area (Å²) < 4.78 is 0.102. The monoisotopic (exact) mass is 360 g/mol. The zero-order valence-corrected chi connectivity index (χ0v) is 11.1. The Bertz CT molecular complexity index is 199. The Morgan fingerprint density at radius 3 is 2.69 bits per heavy atom. The van der Waals surface area contributed by atoms with Gasteiger partial charge in [0.1, 0.15) is 0 Å². The van der Waals surface area contributed by atoms with Gasteiger partial charge in [-0.1, -0.05) is 57.6 Å². The second-order valence-corrected chi connectivity index (χ2v) is 5.07. The molecule has 1 radical (unpaired) electrons. The van der Waals surface area contributed by atoms with E-state index in [1.807, 2.05) is 19.1 Å². The first kappa shape index (κ1) is 13.4. The van der Waals surface area contributed by atoms with Gasteiger partial charge in [-0.2, -0.15) is 0 Å². The van der Waals surface area contributed by atoms with E-state index >= 15 is 0 Å². The van der Waals surface area contributed by atoms with Crippen LogP contribution in [0.4, 0.5) is 0 Å². The Balaban J connectivity index is 4.16. The molecule has 3 nitrogen and oxygen atoms in total. The van der Waals surface area contributed by atoms with Crippen molar-refractivity contribution in [1.82, 2.24) is 0 Å². The van der Waals surface area contributed by atoms with Crippen LogP contribution in [0.1, 0.15) is 13.3 Å². The van der Waals surface area contributed by atoms with Gasteiger partial charge in [0.2, 0.25) is 6.04 Å². The molecule has 0 aliphatic heterocycles. The number of alkyl halides is 2. The maximum atomic E-state index is 10.4. The molecular weight excluding hydrogens is 349 g/mol. The summed E-state index contributed by atoms with van der Waals surface area (Å²) in [7, 11) is 0. The summed E-state index contributed by atoms with van der Waals surface area (Å²) in [5.41, 5.74) is 0. The number of nitro groups is 1. The normalized spacial score (nSPS) is 18.5. The summed E-state index contributed by atoms with van der Waals surface area (Å²) in [4.78, 5) is 9.82. The largest absolute Gasteiger partial charge is 0.264 e. The van der Waals surface area contributed by atoms with Gasteiger partial charge < -0.3 is 0 Å². The number of allylic oxidation sites excluding steroid dienone is 2. The molecule has 0 saturated heterocycles. The van der Waals surface area contributed by atoms with Crippen molar-refractivity contribution >= 4 is 38.5 Å². The zero-order chi connectivity index (χ0) is 10.4. The molecular formula is C8H12BrINO2. The lowest BCUT2D eigenvalue weighted by Gasteiger charge is -2.14. The Morgan fingerprint density at radius 1 is 1.77 bits per heavy atom. The fraction of sp³-hybridized carbons (Fsp3) is 0.625. The van der Waals surface area contributed by atoms with Crippen LogP contribution in [0.5, 0.6) is 0 Å². The molecule has 0 aromatic carbocycles. The van der Waals surface area contributed by atoms with E-state index < -0.39 is 6.04 Å². The van der Waals surface area contributed by atoms with Gasteiger partial charge in [-0.3, -0.25) is 10.1 Å². The Labute approximate surface area is 100 Å². The van der Waals surface area contributed by atoms with Gasteiger partial charge in [-0.25, -0.2) is 0 Å². The number of hydrogen-bond acceptors (Lipinski definition) is 2. The van der Waals surface area contributed by atoms with Gasteiger partial charge in [0.25, 0.3) is 0 Å². The summed E-state index contributed by atoms with van der Waals surface area (Å²) in [5.74, 6) is 0. The van der Waals surface area contributed by atoms with Crippen LogP contribution >= 0.6 is 38.5 Å². The summed E-state index contributed by atoms with van der Waals surface area (Å²) in [6.07, 6.45) is 4.90. The lowest BCUT2D eigenvalue weighted by Crippen LogP contribution is -2.32. The molecule has 75 valence electrons. The molecule has 0 saturated carbocycles. The number of rotatable bonds is 5. The third-order valence-electron chi connectivity index (χ3n) is 1.50. The van der Waals surface area contributed by atoms with E-state index in [0.717, 1.165) is 6.42 Å². The van der Waals surface area contributed by atoms with Crippen molar-refractivity contribution < 1.29 is 4.92 Å². The zero-order valence-electron chi connectivity index (χ0n) is 7.32. The van der Waals surface area contributed by atoms with E-state index in [4.69, 9.17) is 0 Å². The summed E-state index contributed by atoms with van der Waals surface area (Å²) in [5, 5.41) is 10.4. The maximum Gasteiger partial charge on any atom is 0.227 e. The molecule has 0 bridgehead atoms. The highest BCUT2D eigenvalue weighted by Gasteiger charge is 2.28. The van der Waals surface area contributed by atoms with Gasteiger partial charge in [0.15, 0.2) is 0 Å². The molecule has 0 N–H and O–H groups in total. The quantitative estimate of drug-likeness (QED) is 0.249. The van der Waals surface area contributed by atoms with Crippen LogP contribution in [-0.4, -0.2) is 19.7 Å². The Kier molecular flexibility index (Phi) is 6.93. The SMILES string of the molecule is [CH2]C(C(Br)C(I)/C=C/CC)[N+](=O)[O-]. The van der Waals surface area contributed by atoms with Crippen molar-refractivity contribution in [2.45, 2.75) is 28.1 Å². The molecule has 3 unspecified atom stereocenters. The Hall–Kier alpha value is 0.350. The molecule has 5 heteroatoms. The van der Waals surface area contributed by atoms with Crippen LogP contribution in [0, 0.1) is 17.0 Å². The number of halogens is 2. The molecule has 0 amide bonds. The highest BCUT2D eigenvalue weighted by Crippen LogP contribution is 2.21. The van der Waals surface area contributed by atoms with Crippen LogP contribution < -0.4 is 0 Å². The van der Waals surface area contributed by atoms with E-state index in [0.29, 0.717) is 0 Å². The van der Waals surface area contributed by atoms with Gasteiger partial charge in [-0.05, 0) is 6.42 Å². The molecule has 0 aliphatic carbocycles. The van der Waals surface area contributed by atoms with Gasteiger partial charge in [0, 0.05) is 15.8 Å². The molecule has 0 aliphatic rings. The molecule has 0 aromatic rings. The minimum Gasteiger partial charge on any atom is -0.264 e. The first-order chi connectivity index (χ1) is 6.00. The molecule has 0 spiro atoms. The topological polar surface area (TPSA) is 43.1 Å².